The molecule has 0 bridgehead atoms. The molecule has 0 unspecified atom stereocenters. The third kappa shape index (κ3) is 5.36. The highest BCUT2D eigenvalue weighted by molar-refractivity contribution is 7.90. The molecule has 1 fully saturated rings. The summed E-state index contributed by atoms with van der Waals surface area (Å²) in [5.74, 6) is 0.185. The highest BCUT2D eigenvalue weighted by Crippen LogP contribution is 2.48. The molecule has 7 heteroatoms. The lowest BCUT2D eigenvalue weighted by molar-refractivity contribution is 0.0980. The quantitative estimate of drug-likeness (QED) is 0.122. The maximum atomic E-state index is 13.7. The van der Waals surface area contributed by atoms with Gasteiger partial charge in [-0.3, -0.25) is 4.79 Å². The Kier molecular flexibility index (Phi) is 6.96. The smallest absolute Gasteiger partial charge is 0.283 e. The van der Waals surface area contributed by atoms with Gasteiger partial charge in [0.2, 0.25) is 0 Å². The van der Waals surface area contributed by atoms with E-state index in [1.807, 2.05) is 73.7 Å². The summed E-state index contributed by atoms with van der Waals surface area (Å²) in [6.45, 7) is 1.89. The summed E-state index contributed by atoms with van der Waals surface area (Å²) in [6, 6.07) is 31.4. The largest absolute Gasteiger partial charge is 0.336 e. The number of aryl methyl sites for hydroxylation is 1. The molecule has 0 amide bonds. The molecular weight excluding hydrogens is 504 g/mol. The van der Waals surface area contributed by atoms with Crippen LogP contribution in [0.25, 0.3) is 0 Å². The van der Waals surface area contributed by atoms with Gasteiger partial charge in [-0.15, -0.1) is 4.40 Å². The van der Waals surface area contributed by atoms with Gasteiger partial charge in [0.1, 0.15) is 11.9 Å². The van der Waals surface area contributed by atoms with Crippen molar-refractivity contribution in [2.45, 2.75) is 30.3 Å². The van der Waals surface area contributed by atoms with Crippen LogP contribution in [0.2, 0.25) is 5.02 Å². The number of ketones is 1. The van der Waals surface area contributed by atoms with E-state index in [9.17, 15) is 13.2 Å². The second-order valence-corrected chi connectivity index (χ2v) is 11.0. The van der Waals surface area contributed by atoms with Gasteiger partial charge >= 0.3 is 0 Å². The molecule has 1 heterocycles. The number of sulfonamides is 1. The average molecular weight is 529 g/mol. The summed E-state index contributed by atoms with van der Waals surface area (Å²) in [7, 11) is -4.03. The van der Waals surface area contributed by atoms with Crippen LogP contribution < -0.4 is 0 Å². The van der Waals surface area contributed by atoms with Gasteiger partial charge in [-0.25, -0.2) is 0 Å². The van der Waals surface area contributed by atoms with Gasteiger partial charge in [0.25, 0.3) is 10.0 Å². The molecule has 0 saturated carbocycles. The van der Waals surface area contributed by atoms with Gasteiger partial charge < -0.3 is 4.90 Å². The van der Waals surface area contributed by atoms with Crippen molar-refractivity contribution >= 4 is 33.2 Å². The van der Waals surface area contributed by atoms with E-state index in [2.05, 4.69) is 4.40 Å². The molecule has 186 valence electrons. The van der Waals surface area contributed by atoms with E-state index in [-0.39, 0.29) is 17.1 Å². The molecule has 2 atom stereocenters. The average Bonchev–Trinajstić information content (AvgIpc) is 3.65. The van der Waals surface area contributed by atoms with Crippen LogP contribution in [0, 0.1) is 6.92 Å². The van der Waals surface area contributed by atoms with E-state index in [4.69, 9.17) is 11.6 Å². The molecule has 1 aliphatic rings. The van der Waals surface area contributed by atoms with E-state index < -0.39 is 22.1 Å². The highest BCUT2D eigenvalue weighted by atomic mass is 35.5. The lowest BCUT2D eigenvalue weighted by Gasteiger charge is -2.12. The molecule has 1 saturated heterocycles. The number of carbonyl (C=O) groups excluding carboxylic acids is 1. The van der Waals surface area contributed by atoms with Crippen LogP contribution in [0.3, 0.4) is 0 Å². The van der Waals surface area contributed by atoms with Crippen molar-refractivity contribution in [1.82, 2.24) is 4.90 Å². The van der Waals surface area contributed by atoms with E-state index in [1.54, 1.807) is 47.4 Å². The zero-order valence-electron chi connectivity index (χ0n) is 20.2. The number of Topliss-reactive ketones (excluding diaryl/α,β-unsaturated/α-hetero) is 1. The predicted octanol–water partition coefficient (Wildman–Crippen LogP) is 6.29. The van der Waals surface area contributed by atoms with Crippen LogP contribution in [0.4, 0.5) is 0 Å². The maximum absolute atomic E-state index is 13.7. The summed E-state index contributed by atoms with van der Waals surface area (Å²) >= 11 is 6.55. The minimum Gasteiger partial charge on any atom is -0.336 e. The van der Waals surface area contributed by atoms with Gasteiger partial charge in [0, 0.05) is 17.0 Å². The highest BCUT2D eigenvalue weighted by Gasteiger charge is 2.55. The molecule has 0 aromatic heterocycles. The number of benzene rings is 4. The molecule has 37 heavy (non-hydrogen) atoms. The van der Waals surface area contributed by atoms with Crippen LogP contribution >= 0.6 is 11.6 Å². The molecule has 4 aromatic rings. The molecule has 1 aliphatic heterocycles. The normalized spacial score (nSPS) is 17.5. The second kappa shape index (κ2) is 10.3. The van der Waals surface area contributed by atoms with Gasteiger partial charge in [0.05, 0.1) is 10.9 Å². The summed E-state index contributed by atoms with van der Waals surface area (Å²) in [5, 5.41) is 0.515. The van der Waals surface area contributed by atoms with Gasteiger partial charge in [-0.1, -0.05) is 108 Å². The molecule has 5 nitrogen and oxygen atoms in total. The number of halogens is 1. The fourth-order valence-electron chi connectivity index (χ4n) is 4.48. The fraction of sp³-hybridized carbons (Fsp3) is 0.133. The maximum Gasteiger partial charge on any atom is 0.283 e. The lowest BCUT2D eigenvalue weighted by Crippen LogP contribution is -2.22. The molecule has 0 N–H and O–H groups in total. The topological polar surface area (TPSA) is 66.6 Å². The minimum atomic E-state index is -4.03. The van der Waals surface area contributed by atoms with Crippen molar-refractivity contribution in [3.63, 3.8) is 0 Å². The summed E-state index contributed by atoms with van der Waals surface area (Å²) < 4.78 is 31.1. The first-order valence-corrected chi connectivity index (χ1v) is 13.7. The number of hydrogen-bond acceptors (Lipinski definition) is 3. The van der Waals surface area contributed by atoms with Crippen molar-refractivity contribution in [3.8, 4) is 0 Å². The standard InChI is InChI=1S/C30H25ClN2O3S/c1-21-16-18-24(19-17-21)37(35,36)32-27(20-22-10-4-2-5-11-22)33-28(25-14-8-9-15-26(25)31)29(33)30(34)23-12-6-3-7-13-23/h2-19,28-29H,20H2,1H3/b32-27+/t28-,29+,33?/m1/s1. The van der Waals surface area contributed by atoms with Gasteiger partial charge in [-0.2, -0.15) is 8.42 Å². The first kappa shape index (κ1) is 24.9. The number of rotatable bonds is 7. The SMILES string of the molecule is Cc1ccc(S(=O)(=O)/N=C(\Cc2ccccc2)N2[C@H](C(=O)c3ccccc3)[C@H]2c2ccccc2Cl)cc1. The van der Waals surface area contributed by atoms with Crippen molar-refractivity contribution < 1.29 is 13.2 Å². The molecule has 0 aliphatic carbocycles. The summed E-state index contributed by atoms with van der Waals surface area (Å²) in [4.78, 5) is 15.5. The Labute approximate surface area is 222 Å². The Morgan fingerprint density at radius 2 is 1.43 bits per heavy atom. The zero-order chi connectivity index (χ0) is 26.0. The van der Waals surface area contributed by atoms with Crippen molar-refractivity contribution in [1.29, 1.82) is 0 Å². The Hall–Kier alpha value is -3.74. The Bertz CT molecular complexity index is 1550. The first-order chi connectivity index (χ1) is 17.8. The Morgan fingerprint density at radius 1 is 0.838 bits per heavy atom. The van der Waals surface area contributed by atoms with Crippen LogP contribution in [0.15, 0.2) is 118 Å². The number of hydrogen-bond donors (Lipinski definition) is 0. The van der Waals surface area contributed by atoms with E-state index in [0.29, 0.717) is 16.4 Å². The Balaban J connectivity index is 1.62. The van der Waals surface area contributed by atoms with Crippen molar-refractivity contribution in [2.24, 2.45) is 4.40 Å². The van der Waals surface area contributed by atoms with Crippen LogP contribution in [0.5, 0.6) is 0 Å². The van der Waals surface area contributed by atoms with E-state index in [0.717, 1.165) is 16.7 Å². The fourth-order valence-corrected chi connectivity index (χ4v) is 5.75. The number of nitrogens with zero attached hydrogens (tertiary/aromatic N) is 2. The summed E-state index contributed by atoms with van der Waals surface area (Å²) in [6.07, 6.45) is 0.242. The van der Waals surface area contributed by atoms with Crippen molar-refractivity contribution in [3.05, 3.63) is 136 Å². The Morgan fingerprint density at radius 3 is 2.08 bits per heavy atom. The van der Waals surface area contributed by atoms with Gasteiger partial charge in [0.15, 0.2) is 5.78 Å². The third-order valence-electron chi connectivity index (χ3n) is 6.41. The number of carbonyl (C=O) groups is 1. The third-order valence-corrected chi connectivity index (χ3v) is 8.07. The van der Waals surface area contributed by atoms with Crippen LogP contribution in [0.1, 0.15) is 33.1 Å². The molecular formula is C30H25ClN2O3S. The monoisotopic (exact) mass is 528 g/mol. The number of amidine groups is 1. The molecule has 0 radical (unpaired) electrons. The lowest BCUT2D eigenvalue weighted by atomic mass is 10.0. The van der Waals surface area contributed by atoms with Crippen LogP contribution in [-0.4, -0.2) is 31.0 Å². The van der Waals surface area contributed by atoms with Gasteiger partial charge in [-0.05, 0) is 36.2 Å². The van der Waals surface area contributed by atoms with E-state index in [1.165, 1.54) is 0 Å². The first-order valence-electron chi connectivity index (χ1n) is 11.9. The molecule has 0 spiro atoms. The van der Waals surface area contributed by atoms with Crippen LogP contribution in [-0.2, 0) is 16.4 Å². The van der Waals surface area contributed by atoms with E-state index >= 15 is 0 Å². The molecule has 4 aromatic carbocycles. The van der Waals surface area contributed by atoms with Crippen molar-refractivity contribution in [2.75, 3.05) is 0 Å². The molecule has 5 rings (SSSR count). The summed E-state index contributed by atoms with van der Waals surface area (Å²) in [5.41, 5.74) is 3.14. The predicted molar refractivity (Wildman–Crippen MR) is 147 cm³/mol. The second-order valence-electron chi connectivity index (χ2n) is 9.01. The minimum absolute atomic E-state index is 0.103. The zero-order valence-corrected chi connectivity index (χ0v) is 21.7.